The highest BCUT2D eigenvalue weighted by Crippen LogP contribution is 2.45. The van der Waals surface area contributed by atoms with E-state index in [9.17, 15) is 4.79 Å². The summed E-state index contributed by atoms with van der Waals surface area (Å²) in [5, 5.41) is 0. The van der Waals surface area contributed by atoms with Gasteiger partial charge in [-0.2, -0.15) is 0 Å². The largest absolute Gasteiger partial charge is 0.333 e. The smallest absolute Gasteiger partial charge is 0.198 e. The summed E-state index contributed by atoms with van der Waals surface area (Å²) in [5.41, 5.74) is 0.129. The molecule has 3 nitrogen and oxygen atoms in total. The summed E-state index contributed by atoms with van der Waals surface area (Å²) < 4.78 is 10.9. The molecule has 1 fully saturated rings. The van der Waals surface area contributed by atoms with Crippen molar-refractivity contribution in [3.8, 4) is 0 Å². The standard InChI is InChI=1S/C8H14O3P/c1-8(2)6-10-12(11-7-8)5-3-4-9/h3,5-7H2,1-2H3. The van der Waals surface area contributed by atoms with Crippen LogP contribution in [-0.2, 0) is 13.8 Å². The molecule has 1 rings (SSSR count). The van der Waals surface area contributed by atoms with Crippen LogP contribution in [-0.4, -0.2) is 25.7 Å². The van der Waals surface area contributed by atoms with Crippen molar-refractivity contribution in [1.82, 2.24) is 0 Å². The van der Waals surface area contributed by atoms with Crippen LogP contribution in [0, 0.1) is 5.41 Å². The van der Waals surface area contributed by atoms with Gasteiger partial charge in [-0.05, 0) is 0 Å². The lowest BCUT2D eigenvalue weighted by atomic mass is 9.97. The number of hydrogen-bond acceptors (Lipinski definition) is 3. The topological polar surface area (TPSA) is 35.5 Å². The van der Waals surface area contributed by atoms with E-state index in [1.165, 1.54) is 0 Å². The molecule has 1 aliphatic rings. The van der Waals surface area contributed by atoms with E-state index in [0.29, 0.717) is 12.6 Å². The van der Waals surface area contributed by atoms with Crippen molar-refractivity contribution in [2.75, 3.05) is 19.4 Å². The van der Waals surface area contributed by atoms with E-state index in [1.807, 2.05) is 6.29 Å². The lowest BCUT2D eigenvalue weighted by Gasteiger charge is -2.33. The third-order valence-electron chi connectivity index (χ3n) is 1.59. The van der Waals surface area contributed by atoms with Crippen molar-refractivity contribution in [1.29, 1.82) is 0 Å². The van der Waals surface area contributed by atoms with Gasteiger partial charge in [0.1, 0.15) is 0 Å². The van der Waals surface area contributed by atoms with E-state index in [4.69, 9.17) is 9.05 Å². The molecule has 0 saturated carbocycles. The summed E-state index contributed by atoms with van der Waals surface area (Å²) in [6.07, 6.45) is 2.95. The normalized spacial score (nSPS) is 23.8. The quantitative estimate of drug-likeness (QED) is 0.636. The zero-order chi connectivity index (χ0) is 9.03. The van der Waals surface area contributed by atoms with E-state index in [2.05, 4.69) is 13.8 Å². The highest BCUT2D eigenvalue weighted by molar-refractivity contribution is 7.47. The van der Waals surface area contributed by atoms with Gasteiger partial charge in [0.15, 0.2) is 14.7 Å². The Labute approximate surface area is 74.3 Å². The molecule has 1 saturated heterocycles. The minimum absolute atomic E-state index is 0.129. The van der Waals surface area contributed by atoms with Gasteiger partial charge in [-0.3, -0.25) is 4.79 Å². The van der Waals surface area contributed by atoms with Gasteiger partial charge in [-0.25, -0.2) is 0 Å². The maximum Gasteiger partial charge on any atom is 0.198 e. The molecule has 0 atom stereocenters. The van der Waals surface area contributed by atoms with Gasteiger partial charge in [0.05, 0.1) is 13.2 Å². The molecule has 4 heteroatoms. The van der Waals surface area contributed by atoms with Gasteiger partial charge in [0.25, 0.3) is 0 Å². The average Bonchev–Trinajstić information content (AvgIpc) is 2.03. The van der Waals surface area contributed by atoms with Crippen LogP contribution in [0.4, 0.5) is 0 Å². The second-order valence-electron chi connectivity index (χ2n) is 3.66. The molecule has 1 heterocycles. The van der Waals surface area contributed by atoms with Crippen LogP contribution in [0.5, 0.6) is 0 Å². The van der Waals surface area contributed by atoms with Crippen molar-refractivity contribution in [3.63, 3.8) is 0 Å². The first-order valence-corrected chi connectivity index (χ1v) is 5.39. The van der Waals surface area contributed by atoms with Crippen molar-refractivity contribution in [2.24, 2.45) is 5.41 Å². The molecule has 0 bridgehead atoms. The SMILES string of the molecule is CC1(C)COP(CC[C]=O)OC1. The molecule has 1 radical (unpaired) electrons. The molecule has 0 N–H and O–H groups in total. The molecule has 0 aromatic carbocycles. The van der Waals surface area contributed by atoms with Crippen molar-refractivity contribution in [2.45, 2.75) is 20.3 Å². The molecular formula is C8H14O3P. The van der Waals surface area contributed by atoms with Crippen LogP contribution in [0.3, 0.4) is 0 Å². The van der Waals surface area contributed by atoms with Gasteiger partial charge in [-0.15, -0.1) is 0 Å². The van der Waals surface area contributed by atoms with Crippen LogP contribution in [0.1, 0.15) is 20.3 Å². The fourth-order valence-corrected chi connectivity index (χ4v) is 2.43. The van der Waals surface area contributed by atoms with Crippen LogP contribution in [0.2, 0.25) is 0 Å². The molecule has 0 unspecified atom stereocenters. The summed E-state index contributed by atoms with van der Waals surface area (Å²) >= 11 is 0. The number of carbonyl (C=O) groups excluding carboxylic acids is 1. The maximum atomic E-state index is 9.95. The minimum Gasteiger partial charge on any atom is -0.333 e. The first kappa shape index (κ1) is 10.1. The fraction of sp³-hybridized carbons (Fsp3) is 0.875. The van der Waals surface area contributed by atoms with Gasteiger partial charge >= 0.3 is 0 Å². The van der Waals surface area contributed by atoms with E-state index in [1.54, 1.807) is 0 Å². The maximum absolute atomic E-state index is 9.95. The zero-order valence-corrected chi connectivity index (χ0v) is 8.39. The summed E-state index contributed by atoms with van der Waals surface area (Å²) in [7, 11) is -0.799. The molecule has 0 aromatic heterocycles. The second kappa shape index (κ2) is 4.31. The van der Waals surface area contributed by atoms with Gasteiger partial charge in [0.2, 0.25) is 0 Å². The van der Waals surface area contributed by atoms with Crippen LogP contribution in [0.25, 0.3) is 0 Å². The lowest BCUT2D eigenvalue weighted by molar-refractivity contribution is 0.0619. The Morgan fingerprint density at radius 3 is 2.50 bits per heavy atom. The minimum atomic E-state index is -0.799. The summed E-state index contributed by atoms with van der Waals surface area (Å²) in [6.45, 7) is 5.67. The molecule has 0 aliphatic carbocycles. The average molecular weight is 189 g/mol. The predicted molar refractivity (Wildman–Crippen MR) is 47.8 cm³/mol. The van der Waals surface area contributed by atoms with E-state index in [0.717, 1.165) is 13.2 Å². The summed E-state index contributed by atoms with van der Waals surface area (Å²) in [6, 6.07) is 0. The predicted octanol–water partition coefficient (Wildman–Crippen LogP) is 1.87. The van der Waals surface area contributed by atoms with Crippen LogP contribution in [0.15, 0.2) is 0 Å². The Kier molecular flexibility index (Phi) is 3.63. The molecular weight excluding hydrogens is 175 g/mol. The highest BCUT2D eigenvalue weighted by atomic mass is 31.2. The molecule has 0 aromatic rings. The molecule has 12 heavy (non-hydrogen) atoms. The third kappa shape index (κ3) is 3.18. The van der Waals surface area contributed by atoms with Gasteiger partial charge < -0.3 is 9.05 Å². The van der Waals surface area contributed by atoms with Gasteiger partial charge in [-0.1, -0.05) is 13.8 Å². The Bertz CT molecular complexity index is 148. The zero-order valence-electron chi connectivity index (χ0n) is 7.50. The molecule has 1 aliphatic heterocycles. The Morgan fingerprint density at radius 2 is 2.00 bits per heavy atom. The van der Waals surface area contributed by atoms with Crippen molar-refractivity contribution < 1.29 is 13.8 Å². The van der Waals surface area contributed by atoms with Crippen molar-refractivity contribution >= 4 is 14.7 Å². The first-order valence-electron chi connectivity index (χ1n) is 4.02. The monoisotopic (exact) mass is 189 g/mol. The number of rotatable bonds is 3. The molecule has 0 amide bonds. The van der Waals surface area contributed by atoms with E-state index < -0.39 is 8.38 Å². The molecule has 69 valence electrons. The van der Waals surface area contributed by atoms with Crippen LogP contribution >= 0.6 is 8.38 Å². The first-order chi connectivity index (χ1) is 5.64. The highest BCUT2D eigenvalue weighted by Gasteiger charge is 2.28. The van der Waals surface area contributed by atoms with Gasteiger partial charge in [0, 0.05) is 18.0 Å². The van der Waals surface area contributed by atoms with Crippen LogP contribution < -0.4 is 0 Å². The Hall–Kier alpha value is 0.0200. The summed E-state index contributed by atoms with van der Waals surface area (Å²) in [4.78, 5) is 9.95. The molecule has 0 spiro atoms. The number of hydrogen-bond donors (Lipinski definition) is 0. The van der Waals surface area contributed by atoms with E-state index in [-0.39, 0.29) is 5.41 Å². The second-order valence-corrected chi connectivity index (χ2v) is 5.29. The van der Waals surface area contributed by atoms with Crippen molar-refractivity contribution in [3.05, 3.63) is 0 Å². The fourth-order valence-electron chi connectivity index (χ4n) is 0.838. The Morgan fingerprint density at radius 1 is 1.42 bits per heavy atom. The van der Waals surface area contributed by atoms with E-state index >= 15 is 0 Å². The summed E-state index contributed by atoms with van der Waals surface area (Å²) in [5.74, 6) is 0. The Balaban J connectivity index is 2.22. The lowest BCUT2D eigenvalue weighted by Crippen LogP contribution is -2.28. The third-order valence-corrected chi connectivity index (χ3v) is 3.02.